The Kier molecular flexibility index (Phi) is 4.97. The molecular formula is C19H26N6O. The fourth-order valence-electron chi connectivity index (χ4n) is 3.93. The van der Waals surface area contributed by atoms with Gasteiger partial charge in [-0.3, -0.25) is 9.48 Å². The fourth-order valence-corrected chi connectivity index (χ4v) is 3.93. The molecule has 2 aliphatic rings. The van der Waals surface area contributed by atoms with Gasteiger partial charge in [-0.2, -0.15) is 5.10 Å². The van der Waals surface area contributed by atoms with Crippen LogP contribution in [-0.4, -0.2) is 43.6 Å². The highest BCUT2D eigenvalue weighted by atomic mass is 16.2. The molecule has 0 radical (unpaired) electrons. The summed E-state index contributed by atoms with van der Waals surface area (Å²) in [5.74, 6) is 0.871. The highest BCUT2D eigenvalue weighted by Crippen LogP contribution is 2.31. The van der Waals surface area contributed by atoms with Crippen molar-refractivity contribution in [1.29, 1.82) is 0 Å². The molecule has 4 rings (SSSR count). The largest absolute Gasteiger partial charge is 0.332 e. The van der Waals surface area contributed by atoms with E-state index in [0.717, 1.165) is 56.8 Å². The van der Waals surface area contributed by atoms with Crippen LogP contribution in [0.1, 0.15) is 49.3 Å². The second-order valence-electron chi connectivity index (χ2n) is 7.30. The van der Waals surface area contributed by atoms with Crippen molar-refractivity contribution >= 4 is 5.91 Å². The lowest BCUT2D eigenvalue weighted by atomic mass is 9.98. The van der Waals surface area contributed by atoms with Crippen LogP contribution in [-0.2, 0) is 24.3 Å². The summed E-state index contributed by atoms with van der Waals surface area (Å²) in [6.07, 6.45) is 9.62. The third-order valence-corrected chi connectivity index (χ3v) is 5.35. The Labute approximate surface area is 153 Å². The maximum Gasteiger partial charge on any atom is 0.227 e. The van der Waals surface area contributed by atoms with Crippen molar-refractivity contribution in [1.82, 2.24) is 30.0 Å². The van der Waals surface area contributed by atoms with Crippen LogP contribution in [0.5, 0.6) is 0 Å². The van der Waals surface area contributed by atoms with E-state index in [9.17, 15) is 4.79 Å². The van der Waals surface area contributed by atoms with Crippen LogP contribution in [0.15, 0.2) is 24.7 Å². The van der Waals surface area contributed by atoms with Gasteiger partial charge in [0.15, 0.2) is 5.82 Å². The van der Waals surface area contributed by atoms with Gasteiger partial charge < -0.3 is 10.2 Å². The van der Waals surface area contributed by atoms with Crippen molar-refractivity contribution in [3.63, 3.8) is 0 Å². The van der Waals surface area contributed by atoms with E-state index in [1.54, 1.807) is 6.20 Å². The molecule has 1 N–H and O–H groups in total. The molecule has 0 aromatic carbocycles. The zero-order valence-electron chi connectivity index (χ0n) is 15.3. The van der Waals surface area contributed by atoms with Gasteiger partial charge in [-0.15, -0.1) is 0 Å². The third kappa shape index (κ3) is 3.49. The Bertz CT molecular complexity index is 759. The van der Waals surface area contributed by atoms with E-state index in [1.165, 1.54) is 5.56 Å². The molecule has 0 bridgehead atoms. The summed E-state index contributed by atoms with van der Waals surface area (Å²) in [7, 11) is 0. The lowest BCUT2D eigenvalue weighted by Gasteiger charge is -2.36. The summed E-state index contributed by atoms with van der Waals surface area (Å²) >= 11 is 0. The molecule has 1 fully saturated rings. The summed E-state index contributed by atoms with van der Waals surface area (Å²) in [6, 6.07) is 1.88. The first kappa shape index (κ1) is 17.1. The number of carbonyl (C=O) groups is 1. The minimum absolute atomic E-state index is 0.00323. The zero-order valence-corrected chi connectivity index (χ0v) is 15.3. The topological polar surface area (TPSA) is 75.9 Å². The average Bonchev–Trinajstić information content (AvgIpc) is 3.20. The summed E-state index contributed by atoms with van der Waals surface area (Å²) in [6.45, 7) is 5.16. The standard InChI is InChI=1S/C19H26N6O/c1-14(13-24-9-4-7-22-24)19(26)25-10-3-2-5-17(25)18-21-12-15-11-20-8-6-16(15)23-18/h4,7,9,12,14,17,20H,2-3,5-6,8,10-11,13H2,1H3/t14-,17-/m1/s1. The third-order valence-electron chi connectivity index (χ3n) is 5.35. The molecule has 2 aromatic heterocycles. The van der Waals surface area contributed by atoms with Gasteiger partial charge in [-0.1, -0.05) is 6.92 Å². The van der Waals surface area contributed by atoms with Crippen LogP contribution in [0.25, 0.3) is 0 Å². The molecule has 138 valence electrons. The van der Waals surface area contributed by atoms with Crippen LogP contribution in [0, 0.1) is 5.92 Å². The van der Waals surface area contributed by atoms with Gasteiger partial charge in [0.05, 0.1) is 18.5 Å². The molecule has 7 heteroatoms. The molecule has 1 amide bonds. The van der Waals surface area contributed by atoms with E-state index in [4.69, 9.17) is 4.98 Å². The molecule has 0 saturated carbocycles. The van der Waals surface area contributed by atoms with Gasteiger partial charge in [-0.25, -0.2) is 9.97 Å². The number of fused-ring (bicyclic) bond motifs is 1. The predicted octanol–water partition coefficient (Wildman–Crippen LogP) is 1.71. The Balaban J connectivity index is 1.53. The van der Waals surface area contributed by atoms with Crippen LogP contribution in [0.4, 0.5) is 0 Å². The zero-order chi connectivity index (χ0) is 17.9. The smallest absolute Gasteiger partial charge is 0.227 e. The van der Waals surface area contributed by atoms with E-state index >= 15 is 0 Å². The maximum atomic E-state index is 13.1. The van der Waals surface area contributed by atoms with E-state index in [0.29, 0.717) is 6.54 Å². The molecule has 0 unspecified atom stereocenters. The summed E-state index contributed by atoms with van der Waals surface area (Å²) in [5, 5.41) is 7.57. The quantitative estimate of drug-likeness (QED) is 0.905. The molecule has 4 heterocycles. The van der Waals surface area contributed by atoms with Crippen molar-refractivity contribution in [2.45, 2.75) is 51.7 Å². The SMILES string of the molecule is C[C@H](Cn1cccn1)C(=O)N1CCCC[C@@H]1c1ncc2c(n1)CCNC2. The number of aromatic nitrogens is 4. The number of likely N-dealkylation sites (tertiary alicyclic amines) is 1. The number of amides is 1. The van der Waals surface area contributed by atoms with E-state index in [2.05, 4.69) is 15.4 Å². The van der Waals surface area contributed by atoms with Crippen molar-refractivity contribution < 1.29 is 4.79 Å². The number of hydrogen-bond donors (Lipinski definition) is 1. The summed E-state index contributed by atoms with van der Waals surface area (Å²) < 4.78 is 1.82. The highest BCUT2D eigenvalue weighted by molar-refractivity contribution is 5.79. The Morgan fingerprint density at radius 2 is 2.35 bits per heavy atom. The summed E-state index contributed by atoms with van der Waals surface area (Å²) in [5.41, 5.74) is 2.32. The molecule has 2 aromatic rings. The minimum atomic E-state index is -0.114. The van der Waals surface area contributed by atoms with Gasteiger partial charge >= 0.3 is 0 Å². The summed E-state index contributed by atoms with van der Waals surface area (Å²) in [4.78, 5) is 24.6. The Morgan fingerprint density at radius 3 is 3.19 bits per heavy atom. The average molecular weight is 354 g/mol. The monoisotopic (exact) mass is 354 g/mol. The fraction of sp³-hybridized carbons (Fsp3) is 0.579. The second-order valence-corrected chi connectivity index (χ2v) is 7.30. The first-order chi connectivity index (χ1) is 12.7. The predicted molar refractivity (Wildman–Crippen MR) is 97.1 cm³/mol. The number of nitrogens with zero attached hydrogens (tertiary/aromatic N) is 5. The van der Waals surface area contributed by atoms with Crippen LogP contribution in [0.3, 0.4) is 0 Å². The molecule has 26 heavy (non-hydrogen) atoms. The first-order valence-electron chi connectivity index (χ1n) is 9.55. The van der Waals surface area contributed by atoms with Gasteiger partial charge in [0.2, 0.25) is 5.91 Å². The van der Waals surface area contributed by atoms with Crippen LogP contribution >= 0.6 is 0 Å². The number of rotatable bonds is 4. The van der Waals surface area contributed by atoms with Crippen molar-refractivity contribution in [3.8, 4) is 0 Å². The van der Waals surface area contributed by atoms with Crippen LogP contribution in [0.2, 0.25) is 0 Å². The van der Waals surface area contributed by atoms with Crippen LogP contribution < -0.4 is 5.32 Å². The molecule has 0 aliphatic carbocycles. The van der Waals surface area contributed by atoms with E-state index in [1.807, 2.05) is 35.0 Å². The van der Waals surface area contributed by atoms with Crippen molar-refractivity contribution in [2.24, 2.45) is 5.92 Å². The number of nitrogens with one attached hydrogen (secondary N) is 1. The molecule has 2 atom stereocenters. The van der Waals surface area contributed by atoms with E-state index in [-0.39, 0.29) is 17.9 Å². The molecule has 1 saturated heterocycles. The lowest BCUT2D eigenvalue weighted by Crippen LogP contribution is -2.43. The highest BCUT2D eigenvalue weighted by Gasteiger charge is 2.33. The van der Waals surface area contributed by atoms with Gasteiger partial charge in [0.25, 0.3) is 0 Å². The van der Waals surface area contributed by atoms with Crippen molar-refractivity contribution in [2.75, 3.05) is 13.1 Å². The van der Waals surface area contributed by atoms with E-state index < -0.39 is 0 Å². The molecule has 7 nitrogen and oxygen atoms in total. The maximum absolute atomic E-state index is 13.1. The molecule has 2 aliphatic heterocycles. The first-order valence-corrected chi connectivity index (χ1v) is 9.55. The minimum Gasteiger partial charge on any atom is -0.332 e. The second kappa shape index (κ2) is 7.53. The Morgan fingerprint density at radius 1 is 1.42 bits per heavy atom. The molecular weight excluding hydrogens is 328 g/mol. The number of piperidine rings is 1. The molecule has 0 spiro atoms. The lowest BCUT2D eigenvalue weighted by molar-refractivity contribution is -0.139. The van der Waals surface area contributed by atoms with Crippen molar-refractivity contribution in [3.05, 3.63) is 41.7 Å². The normalized spacial score (nSPS) is 21.3. The van der Waals surface area contributed by atoms with Gasteiger partial charge in [0.1, 0.15) is 0 Å². The number of hydrogen-bond acceptors (Lipinski definition) is 5. The van der Waals surface area contributed by atoms with Gasteiger partial charge in [-0.05, 0) is 25.3 Å². The Hall–Kier alpha value is -2.28. The number of carbonyl (C=O) groups excluding carboxylic acids is 1. The van der Waals surface area contributed by atoms with Gasteiger partial charge in [0, 0.05) is 55.9 Å².